The maximum absolute atomic E-state index is 11.8. The highest BCUT2D eigenvalue weighted by Gasteiger charge is 2.24. The number of hydrogen-bond donors (Lipinski definition) is 1. The Morgan fingerprint density at radius 3 is 2.95 bits per heavy atom. The number of para-hydroxylation sites is 1. The topological polar surface area (TPSA) is 81.4 Å². The van der Waals surface area contributed by atoms with E-state index < -0.39 is 5.97 Å². The molecule has 0 fully saturated rings. The Balaban J connectivity index is 1.91. The van der Waals surface area contributed by atoms with Crippen LogP contribution in [0.4, 0.5) is 0 Å². The first-order valence-electron chi connectivity index (χ1n) is 6.18. The van der Waals surface area contributed by atoms with Crippen molar-refractivity contribution < 1.29 is 14.6 Å². The molecular weight excluding hydrogens is 260 g/mol. The van der Waals surface area contributed by atoms with Gasteiger partial charge in [0.1, 0.15) is 5.75 Å². The number of hydrogen-bond acceptors (Lipinski definition) is 4. The average Bonchev–Trinajstić information content (AvgIpc) is 2.84. The molecule has 1 aromatic heterocycles. The van der Waals surface area contributed by atoms with Crippen LogP contribution in [0.2, 0.25) is 0 Å². The van der Waals surface area contributed by atoms with E-state index in [1.54, 1.807) is 0 Å². The smallest absolute Gasteiger partial charge is 0.356 e. The minimum atomic E-state index is -1.15. The molecule has 0 radical (unpaired) electrons. The van der Waals surface area contributed by atoms with Crippen LogP contribution >= 0.6 is 0 Å². The Labute approximate surface area is 114 Å². The summed E-state index contributed by atoms with van der Waals surface area (Å²) < 4.78 is 6.72. The van der Waals surface area contributed by atoms with Crippen LogP contribution in [-0.4, -0.2) is 27.5 Å². The molecule has 2 aromatic rings. The van der Waals surface area contributed by atoms with Crippen molar-refractivity contribution in [2.45, 2.75) is 12.5 Å². The van der Waals surface area contributed by atoms with Gasteiger partial charge in [-0.25, -0.2) is 9.48 Å². The van der Waals surface area contributed by atoms with Crippen LogP contribution < -0.4 is 10.3 Å². The van der Waals surface area contributed by atoms with Crippen LogP contribution in [0.5, 0.6) is 5.75 Å². The number of aromatic carboxylic acids is 1. The zero-order valence-electron chi connectivity index (χ0n) is 10.5. The minimum Gasteiger partial charge on any atom is -0.493 e. The van der Waals surface area contributed by atoms with E-state index in [1.807, 2.05) is 24.3 Å². The first kappa shape index (κ1) is 12.4. The van der Waals surface area contributed by atoms with Crippen LogP contribution in [-0.2, 0) is 6.54 Å². The summed E-state index contributed by atoms with van der Waals surface area (Å²) >= 11 is 0. The SMILES string of the molecule is O=C(O)c1ccc(=O)n(CC2COc3ccccc32)n1. The molecule has 2 heterocycles. The van der Waals surface area contributed by atoms with Gasteiger partial charge in [-0.1, -0.05) is 18.2 Å². The highest BCUT2D eigenvalue weighted by molar-refractivity contribution is 5.84. The fourth-order valence-electron chi connectivity index (χ4n) is 2.28. The van der Waals surface area contributed by atoms with Gasteiger partial charge in [-0.05, 0) is 12.1 Å². The molecule has 0 aliphatic carbocycles. The van der Waals surface area contributed by atoms with Gasteiger partial charge in [-0.3, -0.25) is 4.79 Å². The molecule has 6 heteroatoms. The van der Waals surface area contributed by atoms with Crippen LogP contribution in [0, 0.1) is 0 Å². The molecule has 0 spiro atoms. The molecule has 0 saturated carbocycles. The fraction of sp³-hybridized carbons (Fsp3) is 0.214. The van der Waals surface area contributed by atoms with Gasteiger partial charge in [0.25, 0.3) is 5.56 Å². The number of nitrogens with zero attached hydrogens (tertiary/aromatic N) is 2. The van der Waals surface area contributed by atoms with Crippen molar-refractivity contribution in [3.63, 3.8) is 0 Å². The molecule has 0 saturated heterocycles. The van der Waals surface area contributed by atoms with Crippen molar-refractivity contribution in [2.24, 2.45) is 0 Å². The normalized spacial score (nSPS) is 16.5. The zero-order valence-corrected chi connectivity index (χ0v) is 10.5. The van der Waals surface area contributed by atoms with E-state index in [0.29, 0.717) is 13.2 Å². The van der Waals surface area contributed by atoms with Gasteiger partial charge in [0.05, 0.1) is 13.2 Å². The first-order chi connectivity index (χ1) is 9.65. The van der Waals surface area contributed by atoms with Crippen LogP contribution in [0.3, 0.4) is 0 Å². The third kappa shape index (κ3) is 2.16. The highest BCUT2D eigenvalue weighted by atomic mass is 16.5. The first-order valence-corrected chi connectivity index (χ1v) is 6.18. The molecule has 1 N–H and O–H groups in total. The summed E-state index contributed by atoms with van der Waals surface area (Å²) in [5, 5.41) is 12.8. The number of ether oxygens (including phenoxy) is 1. The standard InChI is InChI=1S/C14H12N2O4/c17-13-6-5-11(14(18)19)15-16(13)7-9-8-20-12-4-2-1-3-10(9)12/h1-6,9H,7-8H2,(H,18,19). The van der Waals surface area contributed by atoms with Gasteiger partial charge in [0, 0.05) is 17.5 Å². The zero-order chi connectivity index (χ0) is 14.1. The van der Waals surface area contributed by atoms with E-state index in [1.165, 1.54) is 16.8 Å². The molecule has 1 aromatic carbocycles. The summed E-state index contributed by atoms with van der Waals surface area (Å²) in [6.07, 6.45) is 0. The van der Waals surface area contributed by atoms with Gasteiger partial charge >= 0.3 is 5.97 Å². The maximum atomic E-state index is 11.8. The van der Waals surface area contributed by atoms with Gasteiger partial charge in [-0.2, -0.15) is 5.10 Å². The van der Waals surface area contributed by atoms with E-state index in [2.05, 4.69) is 5.10 Å². The maximum Gasteiger partial charge on any atom is 0.356 e. The largest absolute Gasteiger partial charge is 0.493 e. The summed E-state index contributed by atoms with van der Waals surface area (Å²) in [6.45, 7) is 0.766. The van der Waals surface area contributed by atoms with E-state index in [9.17, 15) is 9.59 Å². The molecule has 1 aliphatic rings. The third-order valence-electron chi connectivity index (χ3n) is 3.28. The van der Waals surface area contributed by atoms with Crippen molar-refractivity contribution in [1.82, 2.24) is 9.78 Å². The predicted molar refractivity (Wildman–Crippen MR) is 70.1 cm³/mol. The molecule has 1 aliphatic heterocycles. The van der Waals surface area contributed by atoms with Crippen molar-refractivity contribution in [3.05, 3.63) is 58.0 Å². The second-order valence-electron chi connectivity index (χ2n) is 4.59. The summed E-state index contributed by atoms with van der Waals surface area (Å²) in [5.74, 6) is -0.345. The van der Waals surface area contributed by atoms with Crippen molar-refractivity contribution in [2.75, 3.05) is 6.61 Å². The Morgan fingerprint density at radius 1 is 1.35 bits per heavy atom. The average molecular weight is 272 g/mol. The molecule has 1 atom stereocenters. The monoisotopic (exact) mass is 272 g/mol. The molecule has 1 unspecified atom stereocenters. The number of carboxylic acid groups (broad SMARTS) is 1. The van der Waals surface area contributed by atoms with Crippen LogP contribution in [0.25, 0.3) is 0 Å². The second-order valence-corrected chi connectivity index (χ2v) is 4.59. The van der Waals surface area contributed by atoms with Crippen molar-refractivity contribution >= 4 is 5.97 Å². The van der Waals surface area contributed by atoms with Gasteiger partial charge in [0.15, 0.2) is 5.69 Å². The molecule has 20 heavy (non-hydrogen) atoms. The van der Waals surface area contributed by atoms with Crippen molar-refractivity contribution in [1.29, 1.82) is 0 Å². The summed E-state index contributed by atoms with van der Waals surface area (Å²) in [6, 6.07) is 10.0. The number of rotatable bonds is 3. The lowest BCUT2D eigenvalue weighted by molar-refractivity contribution is 0.0687. The van der Waals surface area contributed by atoms with Gasteiger partial charge in [-0.15, -0.1) is 0 Å². The van der Waals surface area contributed by atoms with E-state index in [-0.39, 0.29) is 17.2 Å². The lowest BCUT2D eigenvalue weighted by atomic mass is 10.0. The number of aromatic nitrogens is 2. The van der Waals surface area contributed by atoms with Gasteiger partial charge in [0.2, 0.25) is 0 Å². The summed E-state index contributed by atoms with van der Waals surface area (Å²) in [4.78, 5) is 22.7. The number of carbonyl (C=O) groups is 1. The van der Waals surface area contributed by atoms with E-state index in [0.717, 1.165) is 11.3 Å². The minimum absolute atomic E-state index is 0.000412. The molecule has 0 amide bonds. The molecule has 6 nitrogen and oxygen atoms in total. The summed E-state index contributed by atoms with van der Waals surface area (Å²) in [5.41, 5.74) is 0.554. The van der Waals surface area contributed by atoms with Crippen LogP contribution in [0.1, 0.15) is 22.0 Å². The lowest BCUT2D eigenvalue weighted by Crippen LogP contribution is -2.27. The highest BCUT2D eigenvalue weighted by Crippen LogP contribution is 2.33. The third-order valence-corrected chi connectivity index (χ3v) is 3.28. The second kappa shape index (κ2) is 4.80. The lowest BCUT2D eigenvalue weighted by Gasteiger charge is -2.10. The number of carboxylic acids is 1. The summed E-state index contributed by atoms with van der Waals surface area (Å²) in [7, 11) is 0. The Kier molecular flexibility index (Phi) is 2.98. The number of benzene rings is 1. The van der Waals surface area contributed by atoms with E-state index >= 15 is 0 Å². The van der Waals surface area contributed by atoms with Crippen molar-refractivity contribution in [3.8, 4) is 5.75 Å². The molecule has 0 bridgehead atoms. The Bertz CT molecular complexity index is 723. The molecule has 102 valence electrons. The quantitative estimate of drug-likeness (QED) is 0.905. The van der Waals surface area contributed by atoms with E-state index in [4.69, 9.17) is 9.84 Å². The predicted octanol–water partition coefficient (Wildman–Crippen LogP) is 1.12. The fourth-order valence-corrected chi connectivity index (χ4v) is 2.28. The molecule has 3 rings (SSSR count). The molecular formula is C14H12N2O4. The Hall–Kier alpha value is -2.63. The van der Waals surface area contributed by atoms with Gasteiger partial charge < -0.3 is 9.84 Å². The Morgan fingerprint density at radius 2 is 2.15 bits per heavy atom. The van der Waals surface area contributed by atoms with Crippen LogP contribution in [0.15, 0.2) is 41.2 Å². The number of fused-ring (bicyclic) bond motifs is 1.